The Morgan fingerprint density at radius 3 is 3.00 bits per heavy atom. The highest BCUT2D eigenvalue weighted by Crippen LogP contribution is 2.07. The van der Waals surface area contributed by atoms with Gasteiger partial charge < -0.3 is 5.32 Å². The predicted molar refractivity (Wildman–Crippen MR) is 34.8 cm³/mol. The molecule has 1 heterocycles. The molecule has 0 aromatic heterocycles. The van der Waals surface area contributed by atoms with Gasteiger partial charge in [-0.25, -0.2) is 0 Å². The Kier molecular flexibility index (Phi) is 1.86. The number of carbonyl (C=O) groups is 1. The number of ketones is 1. The Hall–Kier alpha value is -0.810. The van der Waals surface area contributed by atoms with Crippen molar-refractivity contribution in [2.75, 3.05) is 13.1 Å². The van der Waals surface area contributed by atoms with Crippen molar-refractivity contribution in [1.29, 1.82) is 0 Å². The molecular weight excluding hydrogens is 114 g/mol. The minimum atomic E-state index is -0.0556. The second-order valence-corrected chi connectivity index (χ2v) is 2.20. The smallest absolute Gasteiger partial charge is 0.209 e. The summed E-state index contributed by atoms with van der Waals surface area (Å²) in [6.07, 6.45) is 5.83. The van der Waals surface area contributed by atoms with Gasteiger partial charge in [0.1, 0.15) is 0 Å². The van der Waals surface area contributed by atoms with E-state index >= 15 is 0 Å². The van der Waals surface area contributed by atoms with Gasteiger partial charge in [-0.2, -0.15) is 0 Å². The van der Waals surface area contributed by atoms with Crippen molar-refractivity contribution < 1.29 is 4.79 Å². The van der Waals surface area contributed by atoms with E-state index in [-0.39, 0.29) is 11.7 Å². The molecule has 0 saturated carbocycles. The molecule has 0 spiro atoms. The Balaban J connectivity index is 2.44. The van der Waals surface area contributed by atoms with Crippen molar-refractivity contribution in [2.45, 2.75) is 6.42 Å². The molecule has 0 aromatic rings. The van der Waals surface area contributed by atoms with Gasteiger partial charge in [-0.15, -0.1) is 6.42 Å². The maximum Gasteiger partial charge on any atom is 0.209 e. The Bertz CT molecular complexity index is 151. The Morgan fingerprint density at radius 2 is 2.56 bits per heavy atom. The van der Waals surface area contributed by atoms with Crippen molar-refractivity contribution in [1.82, 2.24) is 5.32 Å². The minimum Gasteiger partial charge on any atom is -0.316 e. The van der Waals surface area contributed by atoms with Crippen LogP contribution in [0.2, 0.25) is 0 Å². The lowest BCUT2D eigenvalue weighted by molar-refractivity contribution is -0.116. The van der Waals surface area contributed by atoms with Crippen LogP contribution in [0.1, 0.15) is 6.42 Å². The van der Waals surface area contributed by atoms with Crippen molar-refractivity contribution in [3.63, 3.8) is 0 Å². The van der Waals surface area contributed by atoms with E-state index in [1.807, 2.05) is 0 Å². The number of carbonyl (C=O) groups excluding carboxylic acids is 1. The first kappa shape index (κ1) is 6.31. The molecule has 48 valence electrons. The van der Waals surface area contributed by atoms with Gasteiger partial charge in [0.15, 0.2) is 0 Å². The maximum atomic E-state index is 10.7. The highest BCUT2D eigenvalue weighted by Gasteiger charge is 2.19. The summed E-state index contributed by atoms with van der Waals surface area (Å²) in [5.74, 6) is 2.16. The van der Waals surface area contributed by atoms with E-state index in [0.717, 1.165) is 19.5 Å². The molecule has 0 aliphatic carbocycles. The summed E-state index contributed by atoms with van der Waals surface area (Å²) in [5.41, 5.74) is 0. The number of rotatable bonds is 1. The van der Waals surface area contributed by atoms with Crippen LogP contribution in [0, 0.1) is 18.3 Å². The number of hydrogen-bond donors (Lipinski definition) is 1. The molecule has 1 saturated heterocycles. The van der Waals surface area contributed by atoms with Gasteiger partial charge in [-0.3, -0.25) is 4.79 Å². The SMILES string of the molecule is C#CC(=O)[C@H]1CCNC1. The standard InChI is InChI=1S/C7H9NO/c1-2-7(9)6-3-4-8-5-6/h1,6,8H,3-5H2/t6-/m0/s1. The fourth-order valence-corrected chi connectivity index (χ4v) is 0.996. The van der Waals surface area contributed by atoms with E-state index in [0.29, 0.717) is 0 Å². The lowest BCUT2D eigenvalue weighted by Crippen LogP contribution is -2.15. The monoisotopic (exact) mass is 123 g/mol. The summed E-state index contributed by atoms with van der Waals surface area (Å²) in [6.45, 7) is 1.70. The van der Waals surface area contributed by atoms with E-state index in [9.17, 15) is 4.79 Å². The van der Waals surface area contributed by atoms with E-state index in [4.69, 9.17) is 6.42 Å². The molecule has 0 amide bonds. The van der Waals surface area contributed by atoms with Crippen molar-refractivity contribution >= 4 is 5.78 Å². The number of hydrogen-bond acceptors (Lipinski definition) is 2. The average Bonchev–Trinajstić information content (AvgIpc) is 2.37. The Morgan fingerprint density at radius 1 is 1.78 bits per heavy atom. The zero-order chi connectivity index (χ0) is 6.69. The fourth-order valence-electron chi connectivity index (χ4n) is 0.996. The maximum absolute atomic E-state index is 10.7. The number of terminal acetylenes is 1. The predicted octanol–water partition coefficient (Wildman–Crippen LogP) is -0.202. The lowest BCUT2D eigenvalue weighted by atomic mass is 10.0. The normalized spacial score (nSPS) is 25.4. The highest BCUT2D eigenvalue weighted by atomic mass is 16.1. The molecule has 1 atom stereocenters. The summed E-state index contributed by atoms with van der Waals surface area (Å²) in [6, 6.07) is 0. The van der Waals surface area contributed by atoms with E-state index in [1.54, 1.807) is 0 Å². The van der Waals surface area contributed by atoms with Crippen LogP contribution in [0.3, 0.4) is 0 Å². The van der Waals surface area contributed by atoms with Crippen LogP contribution in [0.4, 0.5) is 0 Å². The van der Waals surface area contributed by atoms with Gasteiger partial charge >= 0.3 is 0 Å². The molecule has 1 aliphatic rings. The molecule has 9 heavy (non-hydrogen) atoms. The quantitative estimate of drug-likeness (QED) is 0.386. The third-order valence-electron chi connectivity index (χ3n) is 1.57. The topological polar surface area (TPSA) is 29.1 Å². The molecule has 1 fully saturated rings. The summed E-state index contributed by atoms with van der Waals surface area (Å²) in [5, 5.41) is 3.07. The van der Waals surface area contributed by atoms with Gasteiger partial charge in [0, 0.05) is 12.5 Å². The molecule has 0 unspecified atom stereocenters. The van der Waals surface area contributed by atoms with Gasteiger partial charge in [-0.1, -0.05) is 0 Å². The van der Waals surface area contributed by atoms with E-state index in [2.05, 4.69) is 11.2 Å². The first-order valence-electron chi connectivity index (χ1n) is 3.06. The van der Waals surface area contributed by atoms with E-state index in [1.165, 1.54) is 0 Å². The molecule has 0 bridgehead atoms. The highest BCUT2D eigenvalue weighted by molar-refractivity contribution is 5.97. The first-order chi connectivity index (χ1) is 4.34. The summed E-state index contributed by atoms with van der Waals surface area (Å²) < 4.78 is 0. The van der Waals surface area contributed by atoms with Crippen molar-refractivity contribution in [3.8, 4) is 12.3 Å². The third kappa shape index (κ3) is 1.30. The lowest BCUT2D eigenvalue weighted by Gasteiger charge is -1.97. The first-order valence-corrected chi connectivity index (χ1v) is 3.06. The summed E-state index contributed by atoms with van der Waals surface area (Å²) in [4.78, 5) is 10.7. The minimum absolute atomic E-state index is 0.0556. The van der Waals surface area contributed by atoms with Crippen LogP contribution >= 0.6 is 0 Å². The van der Waals surface area contributed by atoms with Gasteiger partial charge in [0.25, 0.3) is 0 Å². The van der Waals surface area contributed by atoms with Crippen LogP contribution in [0.5, 0.6) is 0 Å². The molecule has 1 aliphatic heterocycles. The van der Waals surface area contributed by atoms with Crippen LogP contribution in [0.25, 0.3) is 0 Å². The van der Waals surface area contributed by atoms with Crippen LogP contribution < -0.4 is 5.32 Å². The zero-order valence-electron chi connectivity index (χ0n) is 5.18. The van der Waals surface area contributed by atoms with Gasteiger partial charge in [0.05, 0.1) is 0 Å². The molecule has 1 N–H and O–H groups in total. The fraction of sp³-hybridized carbons (Fsp3) is 0.571. The molecule has 1 rings (SSSR count). The van der Waals surface area contributed by atoms with E-state index < -0.39 is 0 Å². The van der Waals surface area contributed by atoms with Crippen molar-refractivity contribution in [2.24, 2.45) is 5.92 Å². The zero-order valence-corrected chi connectivity index (χ0v) is 5.18. The van der Waals surface area contributed by atoms with Gasteiger partial charge in [0.2, 0.25) is 5.78 Å². The Labute approximate surface area is 54.6 Å². The molecular formula is C7H9NO. The van der Waals surface area contributed by atoms with Crippen LogP contribution in [-0.4, -0.2) is 18.9 Å². The second-order valence-electron chi connectivity index (χ2n) is 2.20. The number of Topliss-reactive ketones (excluding diaryl/α,β-unsaturated/α-hetero) is 1. The van der Waals surface area contributed by atoms with Gasteiger partial charge in [-0.05, 0) is 18.9 Å². The van der Waals surface area contributed by atoms with Crippen LogP contribution in [-0.2, 0) is 4.79 Å². The largest absolute Gasteiger partial charge is 0.316 e. The van der Waals surface area contributed by atoms with Crippen molar-refractivity contribution in [3.05, 3.63) is 0 Å². The summed E-state index contributed by atoms with van der Waals surface area (Å²) >= 11 is 0. The second kappa shape index (κ2) is 2.65. The average molecular weight is 123 g/mol. The molecule has 0 aromatic carbocycles. The van der Waals surface area contributed by atoms with Crippen LogP contribution in [0.15, 0.2) is 0 Å². The summed E-state index contributed by atoms with van der Waals surface area (Å²) in [7, 11) is 0. The third-order valence-corrected chi connectivity index (χ3v) is 1.57. The molecule has 0 radical (unpaired) electrons. The number of nitrogens with one attached hydrogen (secondary N) is 1. The molecule has 2 nitrogen and oxygen atoms in total. The molecule has 2 heteroatoms.